The van der Waals surface area contributed by atoms with Crippen molar-refractivity contribution in [1.29, 1.82) is 0 Å². The summed E-state index contributed by atoms with van der Waals surface area (Å²) in [7, 11) is 1.58. The fraction of sp³-hybridized carbons (Fsp3) is 0.533. The molecule has 0 unspecified atom stereocenters. The quantitative estimate of drug-likeness (QED) is 0.865. The molecule has 0 aliphatic carbocycles. The second-order valence-corrected chi connectivity index (χ2v) is 5.78. The maximum absolute atomic E-state index is 11.8. The monoisotopic (exact) mass is 280 g/mol. The molecule has 0 saturated carbocycles. The number of ether oxygens (including phenoxy) is 2. The Kier molecular flexibility index (Phi) is 5.39. The van der Waals surface area contributed by atoms with E-state index in [9.17, 15) is 4.79 Å². The van der Waals surface area contributed by atoms with Gasteiger partial charge >= 0.3 is 0 Å². The first kappa shape index (κ1) is 16.3. The van der Waals surface area contributed by atoms with E-state index in [0.717, 1.165) is 5.56 Å². The van der Waals surface area contributed by atoms with Crippen molar-refractivity contribution in [3.63, 3.8) is 0 Å². The molecule has 0 spiro atoms. The molecule has 0 heterocycles. The Morgan fingerprint density at radius 2 is 2.05 bits per heavy atom. The molecule has 0 bridgehead atoms. The van der Waals surface area contributed by atoms with Gasteiger partial charge in [0.25, 0.3) is 5.91 Å². The van der Waals surface area contributed by atoms with E-state index in [-0.39, 0.29) is 24.1 Å². The fourth-order valence-electron chi connectivity index (χ4n) is 1.74. The van der Waals surface area contributed by atoms with Crippen molar-refractivity contribution in [3.8, 4) is 11.5 Å². The van der Waals surface area contributed by atoms with Gasteiger partial charge in [0.15, 0.2) is 6.61 Å². The molecular weight excluding hydrogens is 256 g/mol. The summed E-state index contributed by atoms with van der Waals surface area (Å²) in [6, 6.07) is 5.23. The highest BCUT2D eigenvalue weighted by molar-refractivity contribution is 5.78. The van der Waals surface area contributed by atoms with Gasteiger partial charge in [0.2, 0.25) is 0 Å². The van der Waals surface area contributed by atoms with Crippen LogP contribution in [0.5, 0.6) is 11.5 Å². The molecule has 1 aromatic carbocycles. The number of rotatable bonds is 5. The van der Waals surface area contributed by atoms with Crippen LogP contribution in [-0.2, 0) is 4.79 Å². The van der Waals surface area contributed by atoms with E-state index in [1.54, 1.807) is 13.2 Å². The van der Waals surface area contributed by atoms with Crippen LogP contribution in [0.2, 0.25) is 0 Å². The van der Waals surface area contributed by atoms with E-state index in [4.69, 9.17) is 15.2 Å². The number of carbonyl (C=O) groups is 1. The molecule has 5 nitrogen and oxygen atoms in total. The van der Waals surface area contributed by atoms with Crippen molar-refractivity contribution in [1.82, 2.24) is 5.32 Å². The van der Waals surface area contributed by atoms with E-state index in [1.165, 1.54) is 0 Å². The molecule has 5 heteroatoms. The summed E-state index contributed by atoms with van der Waals surface area (Å²) < 4.78 is 10.7. The van der Waals surface area contributed by atoms with Gasteiger partial charge in [-0.1, -0.05) is 6.07 Å². The van der Waals surface area contributed by atoms with Crippen molar-refractivity contribution in [2.45, 2.75) is 39.3 Å². The molecule has 0 aromatic heterocycles. The average molecular weight is 280 g/mol. The second-order valence-electron chi connectivity index (χ2n) is 5.78. The smallest absolute Gasteiger partial charge is 0.258 e. The minimum atomic E-state index is -0.279. The zero-order chi connectivity index (χ0) is 15.3. The lowest BCUT2D eigenvalue weighted by Crippen LogP contribution is -2.43. The SMILES string of the molecule is COc1ccc([C@H](C)N)c(OCC(=O)NC(C)(C)C)c1. The molecule has 0 radical (unpaired) electrons. The summed E-state index contributed by atoms with van der Waals surface area (Å²) in [5.74, 6) is 1.07. The number of carbonyl (C=O) groups excluding carboxylic acids is 1. The Bertz CT molecular complexity index is 465. The van der Waals surface area contributed by atoms with Crippen molar-refractivity contribution in [3.05, 3.63) is 23.8 Å². The Hall–Kier alpha value is -1.75. The summed E-state index contributed by atoms with van der Waals surface area (Å²) in [6.45, 7) is 7.57. The highest BCUT2D eigenvalue weighted by Crippen LogP contribution is 2.28. The molecule has 20 heavy (non-hydrogen) atoms. The first-order chi connectivity index (χ1) is 9.23. The van der Waals surface area contributed by atoms with E-state index >= 15 is 0 Å². The second kappa shape index (κ2) is 6.61. The molecule has 1 atom stereocenters. The van der Waals surface area contributed by atoms with E-state index in [2.05, 4.69) is 5.32 Å². The highest BCUT2D eigenvalue weighted by atomic mass is 16.5. The van der Waals surface area contributed by atoms with Gasteiger partial charge in [-0.2, -0.15) is 0 Å². The third-order valence-corrected chi connectivity index (χ3v) is 2.58. The molecular formula is C15H24N2O3. The van der Waals surface area contributed by atoms with Gasteiger partial charge in [0.05, 0.1) is 7.11 Å². The fourth-order valence-corrected chi connectivity index (χ4v) is 1.74. The van der Waals surface area contributed by atoms with Crippen LogP contribution in [0, 0.1) is 0 Å². The van der Waals surface area contributed by atoms with Crippen molar-refractivity contribution >= 4 is 5.91 Å². The van der Waals surface area contributed by atoms with E-state index in [1.807, 2.05) is 39.8 Å². The van der Waals surface area contributed by atoms with Gasteiger partial charge in [0.1, 0.15) is 11.5 Å². The Labute approximate surface area is 120 Å². The van der Waals surface area contributed by atoms with Crippen LogP contribution in [0.1, 0.15) is 39.3 Å². The van der Waals surface area contributed by atoms with Gasteiger partial charge in [-0.25, -0.2) is 0 Å². The number of nitrogens with one attached hydrogen (secondary N) is 1. The third-order valence-electron chi connectivity index (χ3n) is 2.58. The molecule has 0 saturated heterocycles. The number of methoxy groups -OCH3 is 1. The van der Waals surface area contributed by atoms with Gasteiger partial charge in [0, 0.05) is 23.2 Å². The zero-order valence-corrected chi connectivity index (χ0v) is 12.8. The van der Waals surface area contributed by atoms with E-state index < -0.39 is 0 Å². The predicted octanol–water partition coefficient (Wildman–Crippen LogP) is 2.01. The first-order valence-electron chi connectivity index (χ1n) is 6.60. The lowest BCUT2D eigenvalue weighted by molar-refractivity contribution is -0.124. The Balaban J connectivity index is 2.78. The zero-order valence-electron chi connectivity index (χ0n) is 12.8. The molecule has 0 aliphatic heterocycles. The molecule has 1 rings (SSSR count). The highest BCUT2D eigenvalue weighted by Gasteiger charge is 2.15. The number of hydrogen-bond acceptors (Lipinski definition) is 4. The summed E-state index contributed by atoms with van der Waals surface area (Å²) in [5, 5.41) is 2.84. The Morgan fingerprint density at radius 3 is 2.55 bits per heavy atom. The average Bonchev–Trinajstić information content (AvgIpc) is 2.33. The van der Waals surface area contributed by atoms with Crippen LogP contribution < -0.4 is 20.5 Å². The van der Waals surface area contributed by atoms with Crippen LogP contribution in [0.15, 0.2) is 18.2 Å². The van der Waals surface area contributed by atoms with Crippen LogP contribution in [-0.4, -0.2) is 25.2 Å². The third kappa shape index (κ3) is 5.09. The lowest BCUT2D eigenvalue weighted by atomic mass is 10.1. The molecule has 112 valence electrons. The molecule has 1 amide bonds. The maximum atomic E-state index is 11.8. The predicted molar refractivity (Wildman–Crippen MR) is 79.0 cm³/mol. The summed E-state index contributed by atoms with van der Waals surface area (Å²) in [6.07, 6.45) is 0. The van der Waals surface area contributed by atoms with Crippen LogP contribution in [0.25, 0.3) is 0 Å². The van der Waals surface area contributed by atoms with Gasteiger partial charge in [-0.05, 0) is 33.8 Å². The maximum Gasteiger partial charge on any atom is 0.258 e. The normalized spacial score (nSPS) is 12.7. The van der Waals surface area contributed by atoms with Crippen LogP contribution >= 0.6 is 0 Å². The summed E-state index contributed by atoms with van der Waals surface area (Å²) >= 11 is 0. The Morgan fingerprint density at radius 1 is 1.40 bits per heavy atom. The van der Waals surface area contributed by atoms with E-state index in [0.29, 0.717) is 11.5 Å². The van der Waals surface area contributed by atoms with Gasteiger partial charge < -0.3 is 20.5 Å². The van der Waals surface area contributed by atoms with Gasteiger partial charge in [-0.3, -0.25) is 4.79 Å². The number of benzene rings is 1. The lowest BCUT2D eigenvalue weighted by Gasteiger charge is -2.21. The summed E-state index contributed by atoms with van der Waals surface area (Å²) in [4.78, 5) is 11.8. The molecule has 1 aromatic rings. The van der Waals surface area contributed by atoms with Crippen molar-refractivity contribution in [2.75, 3.05) is 13.7 Å². The summed E-state index contributed by atoms with van der Waals surface area (Å²) in [5.41, 5.74) is 6.46. The molecule has 0 fully saturated rings. The number of nitrogens with two attached hydrogens (primary N) is 1. The minimum Gasteiger partial charge on any atom is -0.497 e. The molecule has 3 N–H and O–H groups in total. The van der Waals surface area contributed by atoms with Crippen molar-refractivity contribution in [2.24, 2.45) is 5.73 Å². The standard InChI is InChI=1S/C15H24N2O3/c1-10(16)12-7-6-11(19-5)8-13(12)20-9-14(18)17-15(2,3)4/h6-8,10H,9,16H2,1-5H3,(H,17,18)/t10-/m0/s1. The van der Waals surface area contributed by atoms with Crippen LogP contribution in [0.3, 0.4) is 0 Å². The van der Waals surface area contributed by atoms with Crippen molar-refractivity contribution < 1.29 is 14.3 Å². The number of hydrogen-bond donors (Lipinski definition) is 2. The van der Waals surface area contributed by atoms with Gasteiger partial charge in [-0.15, -0.1) is 0 Å². The number of amides is 1. The minimum absolute atomic E-state index is 0.0514. The first-order valence-corrected chi connectivity index (χ1v) is 6.60. The van der Waals surface area contributed by atoms with Crippen LogP contribution in [0.4, 0.5) is 0 Å². The topological polar surface area (TPSA) is 73.6 Å². The molecule has 0 aliphatic rings. The largest absolute Gasteiger partial charge is 0.497 e.